The predicted octanol–water partition coefficient (Wildman–Crippen LogP) is 5.67. The molecule has 0 bridgehead atoms. The number of ether oxygens (including phenoxy) is 1. The van der Waals surface area contributed by atoms with Gasteiger partial charge in [-0.25, -0.2) is 9.40 Å². The molecule has 0 saturated heterocycles. The third-order valence-electron chi connectivity index (χ3n) is 6.01. The van der Waals surface area contributed by atoms with Crippen molar-refractivity contribution < 1.29 is 18.7 Å². The van der Waals surface area contributed by atoms with E-state index in [0.29, 0.717) is 28.0 Å². The van der Waals surface area contributed by atoms with E-state index in [2.05, 4.69) is 10.3 Å². The fourth-order valence-electron chi connectivity index (χ4n) is 4.11. The molecular weight excluding hydrogens is 515 g/mol. The van der Waals surface area contributed by atoms with Gasteiger partial charge in [-0.05, 0) is 59.7 Å². The van der Waals surface area contributed by atoms with Crippen LogP contribution in [-0.2, 0) is 9.59 Å². The van der Waals surface area contributed by atoms with Crippen molar-refractivity contribution >= 4 is 51.7 Å². The van der Waals surface area contributed by atoms with Gasteiger partial charge in [-0.15, -0.1) is 0 Å². The molecule has 0 fully saturated rings. The number of methoxy groups -OCH3 is 1. The molecule has 37 heavy (non-hydrogen) atoms. The van der Waals surface area contributed by atoms with E-state index in [1.165, 1.54) is 23.9 Å². The molecule has 188 valence electrons. The van der Waals surface area contributed by atoms with Crippen LogP contribution in [0.4, 0.5) is 10.1 Å². The topological polar surface area (TPSA) is 83.4 Å². The fraction of sp³-hybridized carbons (Fsp3) is 0.185. The summed E-state index contributed by atoms with van der Waals surface area (Å²) in [5, 5.41) is 9.63. The SMILES string of the molecule is COc1ccc(NC(=O)C[C@@H]2SC(N3N=C(c4ccc(Cl)cc4)C[C@H]3c3ccc(F)cc3)=NC2=O)cc1. The number of hydrogen-bond acceptors (Lipinski definition) is 6. The summed E-state index contributed by atoms with van der Waals surface area (Å²) in [5.41, 5.74) is 3.13. The number of nitrogens with one attached hydrogen (secondary N) is 1. The number of aliphatic imine (C=N–C) groups is 1. The molecule has 3 aromatic rings. The number of benzene rings is 3. The number of rotatable bonds is 6. The summed E-state index contributed by atoms with van der Waals surface area (Å²) in [6.07, 6.45) is 0.495. The van der Waals surface area contributed by atoms with Crippen LogP contribution in [0.1, 0.15) is 30.0 Å². The van der Waals surface area contributed by atoms with E-state index >= 15 is 0 Å². The molecule has 7 nitrogen and oxygen atoms in total. The first-order valence-corrected chi connectivity index (χ1v) is 12.8. The van der Waals surface area contributed by atoms with Crippen molar-refractivity contribution in [2.75, 3.05) is 12.4 Å². The molecule has 2 aliphatic heterocycles. The van der Waals surface area contributed by atoms with Crippen LogP contribution in [0, 0.1) is 5.82 Å². The van der Waals surface area contributed by atoms with Crippen LogP contribution in [-0.4, -0.2) is 40.1 Å². The highest BCUT2D eigenvalue weighted by molar-refractivity contribution is 8.15. The first kappa shape index (κ1) is 25.0. The lowest BCUT2D eigenvalue weighted by Gasteiger charge is -2.23. The summed E-state index contributed by atoms with van der Waals surface area (Å²) in [6, 6.07) is 20.2. The number of hydrazone groups is 1. The molecule has 0 aromatic heterocycles. The quantitative estimate of drug-likeness (QED) is 0.439. The number of nitrogens with zero attached hydrogens (tertiary/aromatic N) is 3. The van der Waals surface area contributed by atoms with Crippen LogP contribution in [0.3, 0.4) is 0 Å². The molecule has 0 saturated carbocycles. The number of halogens is 2. The van der Waals surface area contributed by atoms with Crippen molar-refractivity contribution in [1.82, 2.24) is 5.01 Å². The van der Waals surface area contributed by atoms with Gasteiger partial charge in [0.2, 0.25) is 5.91 Å². The van der Waals surface area contributed by atoms with E-state index in [-0.39, 0.29) is 24.2 Å². The van der Waals surface area contributed by atoms with Gasteiger partial charge >= 0.3 is 0 Å². The Bertz CT molecular complexity index is 1380. The summed E-state index contributed by atoms with van der Waals surface area (Å²) in [7, 11) is 1.57. The van der Waals surface area contributed by atoms with Gasteiger partial charge in [0.15, 0.2) is 5.17 Å². The molecule has 2 atom stereocenters. The van der Waals surface area contributed by atoms with Crippen molar-refractivity contribution in [1.29, 1.82) is 0 Å². The van der Waals surface area contributed by atoms with Crippen LogP contribution in [0.5, 0.6) is 5.75 Å². The molecule has 1 N–H and O–H groups in total. The summed E-state index contributed by atoms with van der Waals surface area (Å²) < 4.78 is 18.7. The first-order valence-electron chi connectivity index (χ1n) is 11.5. The molecule has 3 aromatic carbocycles. The number of carbonyl (C=O) groups excluding carboxylic acids is 2. The van der Waals surface area contributed by atoms with E-state index in [4.69, 9.17) is 21.4 Å². The lowest BCUT2D eigenvalue weighted by Crippen LogP contribution is -2.25. The first-order chi connectivity index (χ1) is 17.9. The smallest absolute Gasteiger partial charge is 0.262 e. The number of carbonyl (C=O) groups is 2. The molecule has 0 aliphatic carbocycles. The number of amides is 2. The van der Waals surface area contributed by atoms with E-state index in [1.54, 1.807) is 60.6 Å². The van der Waals surface area contributed by atoms with Crippen molar-refractivity contribution in [3.63, 3.8) is 0 Å². The maximum atomic E-state index is 13.6. The molecule has 0 radical (unpaired) electrons. The number of thioether (sulfide) groups is 1. The van der Waals surface area contributed by atoms with Gasteiger partial charge in [-0.1, -0.05) is 47.6 Å². The number of hydrogen-bond donors (Lipinski definition) is 1. The molecule has 2 amide bonds. The normalized spacial score (nSPS) is 19.0. The van der Waals surface area contributed by atoms with Gasteiger partial charge in [-0.2, -0.15) is 10.1 Å². The highest BCUT2D eigenvalue weighted by Gasteiger charge is 2.39. The van der Waals surface area contributed by atoms with Crippen LogP contribution >= 0.6 is 23.4 Å². The van der Waals surface area contributed by atoms with Crippen molar-refractivity contribution in [2.45, 2.75) is 24.1 Å². The summed E-state index contributed by atoms with van der Waals surface area (Å²) >= 11 is 7.25. The minimum Gasteiger partial charge on any atom is -0.497 e. The van der Waals surface area contributed by atoms with Crippen LogP contribution in [0.15, 0.2) is 82.9 Å². The van der Waals surface area contributed by atoms with Gasteiger partial charge in [-0.3, -0.25) is 9.59 Å². The Labute approximate surface area is 222 Å². The average Bonchev–Trinajstić information content (AvgIpc) is 3.49. The lowest BCUT2D eigenvalue weighted by molar-refractivity contribution is -0.121. The summed E-state index contributed by atoms with van der Waals surface area (Å²) in [6.45, 7) is 0. The Morgan fingerprint density at radius 1 is 1.11 bits per heavy atom. The second kappa shape index (κ2) is 10.7. The third-order valence-corrected chi connectivity index (χ3v) is 7.41. The second-order valence-electron chi connectivity index (χ2n) is 8.49. The predicted molar refractivity (Wildman–Crippen MR) is 144 cm³/mol. The molecule has 2 aliphatic rings. The van der Waals surface area contributed by atoms with Crippen LogP contribution in [0.2, 0.25) is 5.02 Å². The number of anilines is 1. The number of amidine groups is 1. The van der Waals surface area contributed by atoms with E-state index in [9.17, 15) is 14.0 Å². The van der Waals surface area contributed by atoms with Crippen molar-refractivity contribution in [2.24, 2.45) is 10.1 Å². The Morgan fingerprint density at radius 3 is 2.49 bits per heavy atom. The Morgan fingerprint density at radius 2 is 1.81 bits per heavy atom. The minimum absolute atomic E-state index is 0.0364. The molecular formula is C27H22ClFN4O3S. The molecule has 5 rings (SSSR count). The van der Waals surface area contributed by atoms with E-state index in [0.717, 1.165) is 16.8 Å². The fourth-order valence-corrected chi connectivity index (χ4v) is 5.29. The molecule has 10 heteroatoms. The average molecular weight is 537 g/mol. The summed E-state index contributed by atoms with van der Waals surface area (Å²) in [4.78, 5) is 29.6. The molecule has 2 heterocycles. The zero-order valence-corrected chi connectivity index (χ0v) is 21.3. The summed E-state index contributed by atoms with van der Waals surface area (Å²) in [5.74, 6) is -0.345. The zero-order chi connectivity index (χ0) is 25.9. The van der Waals surface area contributed by atoms with Crippen molar-refractivity contribution in [3.8, 4) is 5.75 Å². The minimum atomic E-state index is -0.670. The highest BCUT2D eigenvalue weighted by atomic mass is 35.5. The standard InChI is InChI=1S/C27H22ClFN4O3S/c1-36-21-12-10-20(11-13-21)30-25(34)15-24-26(35)31-27(37-24)33-23(17-4-8-19(29)9-5-17)14-22(32-33)16-2-6-18(28)7-3-16/h2-13,23-24H,14-15H2,1H3,(H,30,34)/t23-,24-/m0/s1. The lowest BCUT2D eigenvalue weighted by atomic mass is 9.98. The molecule has 0 spiro atoms. The third kappa shape index (κ3) is 5.68. The van der Waals surface area contributed by atoms with Gasteiger partial charge in [0.05, 0.1) is 18.9 Å². The van der Waals surface area contributed by atoms with Gasteiger partial charge in [0.1, 0.15) is 16.8 Å². The van der Waals surface area contributed by atoms with Crippen LogP contribution < -0.4 is 10.1 Å². The second-order valence-corrected chi connectivity index (χ2v) is 10.1. The van der Waals surface area contributed by atoms with Crippen LogP contribution in [0.25, 0.3) is 0 Å². The van der Waals surface area contributed by atoms with Gasteiger partial charge < -0.3 is 10.1 Å². The van der Waals surface area contributed by atoms with Gasteiger partial charge in [0, 0.05) is 23.6 Å². The van der Waals surface area contributed by atoms with E-state index in [1.807, 2.05) is 12.1 Å². The Balaban J connectivity index is 1.33. The van der Waals surface area contributed by atoms with E-state index < -0.39 is 11.2 Å². The monoisotopic (exact) mass is 536 g/mol. The van der Waals surface area contributed by atoms with Gasteiger partial charge in [0.25, 0.3) is 5.91 Å². The molecule has 0 unspecified atom stereocenters. The maximum Gasteiger partial charge on any atom is 0.262 e. The Hall–Kier alpha value is -3.69. The zero-order valence-electron chi connectivity index (χ0n) is 19.7. The maximum absolute atomic E-state index is 13.6. The Kier molecular flexibility index (Phi) is 7.25. The largest absolute Gasteiger partial charge is 0.497 e. The van der Waals surface area contributed by atoms with Crippen molar-refractivity contribution in [3.05, 3.63) is 94.8 Å². The highest BCUT2D eigenvalue weighted by Crippen LogP contribution is 2.38.